The van der Waals surface area contributed by atoms with Gasteiger partial charge in [-0.2, -0.15) is 0 Å². The lowest BCUT2D eigenvalue weighted by atomic mass is 9.74. The largest absolute Gasteiger partial charge is 0.393 e. The van der Waals surface area contributed by atoms with Gasteiger partial charge in [0.25, 0.3) is 0 Å². The molecule has 1 aliphatic rings. The van der Waals surface area contributed by atoms with Gasteiger partial charge in [-0.25, -0.2) is 0 Å². The van der Waals surface area contributed by atoms with Crippen LogP contribution in [0.3, 0.4) is 0 Å². The molecular formula is C7H15NO. The maximum atomic E-state index is 8.97. The smallest absolute Gasteiger partial charge is 0.0529 e. The summed E-state index contributed by atoms with van der Waals surface area (Å²) in [5.41, 5.74) is 5.84. The van der Waals surface area contributed by atoms with Crippen molar-refractivity contribution in [1.82, 2.24) is 0 Å². The summed E-state index contributed by atoms with van der Waals surface area (Å²) < 4.78 is 0. The van der Waals surface area contributed by atoms with Crippen molar-refractivity contribution in [3.05, 3.63) is 0 Å². The molecule has 1 unspecified atom stereocenters. The van der Waals surface area contributed by atoms with E-state index < -0.39 is 0 Å². The minimum atomic E-state index is -0.227. The first-order valence-electron chi connectivity index (χ1n) is 3.59. The van der Waals surface area contributed by atoms with Gasteiger partial charge in [-0.15, -0.1) is 0 Å². The Labute approximate surface area is 56.1 Å². The lowest BCUT2D eigenvalue weighted by Crippen LogP contribution is -2.48. The van der Waals surface area contributed by atoms with Crippen molar-refractivity contribution in [2.24, 2.45) is 5.73 Å². The van der Waals surface area contributed by atoms with Crippen molar-refractivity contribution in [2.45, 2.75) is 44.2 Å². The third-order valence-corrected chi connectivity index (χ3v) is 2.05. The number of nitrogens with two attached hydrogens (primary N) is 1. The third kappa shape index (κ3) is 1.66. The molecule has 1 saturated carbocycles. The van der Waals surface area contributed by atoms with Crippen LogP contribution in [0, 0.1) is 0 Å². The second-order valence-corrected chi connectivity index (χ2v) is 3.27. The molecule has 0 aromatic carbocycles. The minimum absolute atomic E-state index is 0.00579. The predicted octanol–water partition coefficient (Wildman–Crippen LogP) is 0.639. The van der Waals surface area contributed by atoms with Crippen molar-refractivity contribution in [3.8, 4) is 0 Å². The molecule has 0 radical (unpaired) electrons. The number of hydrogen-bond acceptors (Lipinski definition) is 2. The Bertz CT molecular complexity index is 97.1. The summed E-state index contributed by atoms with van der Waals surface area (Å²) in [4.78, 5) is 0. The van der Waals surface area contributed by atoms with Gasteiger partial charge in [0.1, 0.15) is 0 Å². The van der Waals surface area contributed by atoms with Gasteiger partial charge in [-0.3, -0.25) is 0 Å². The SMILES string of the molecule is CC(O)CC1(N)CCC1. The average molecular weight is 129 g/mol. The van der Waals surface area contributed by atoms with Crippen molar-refractivity contribution in [2.75, 3.05) is 0 Å². The van der Waals surface area contributed by atoms with Gasteiger partial charge in [0.15, 0.2) is 0 Å². The molecule has 0 aromatic rings. The maximum absolute atomic E-state index is 8.97. The zero-order valence-electron chi connectivity index (χ0n) is 5.93. The van der Waals surface area contributed by atoms with Gasteiger partial charge in [0.05, 0.1) is 6.10 Å². The molecular weight excluding hydrogens is 114 g/mol. The van der Waals surface area contributed by atoms with Crippen molar-refractivity contribution in [3.63, 3.8) is 0 Å². The second-order valence-electron chi connectivity index (χ2n) is 3.27. The quantitative estimate of drug-likeness (QED) is 0.574. The molecule has 1 fully saturated rings. The third-order valence-electron chi connectivity index (χ3n) is 2.05. The molecule has 0 bridgehead atoms. The first-order chi connectivity index (χ1) is 4.12. The highest BCUT2D eigenvalue weighted by Crippen LogP contribution is 2.32. The van der Waals surface area contributed by atoms with Gasteiger partial charge in [-0.1, -0.05) is 0 Å². The predicted molar refractivity (Wildman–Crippen MR) is 37.1 cm³/mol. The molecule has 0 spiro atoms. The zero-order valence-corrected chi connectivity index (χ0v) is 5.93. The Balaban J connectivity index is 2.24. The highest BCUT2D eigenvalue weighted by atomic mass is 16.3. The van der Waals surface area contributed by atoms with Crippen molar-refractivity contribution >= 4 is 0 Å². The standard InChI is InChI=1S/C7H15NO/c1-6(9)5-7(8)3-2-4-7/h6,9H,2-5,8H2,1H3. The molecule has 1 aliphatic carbocycles. The van der Waals surface area contributed by atoms with Crippen LogP contribution >= 0.6 is 0 Å². The van der Waals surface area contributed by atoms with Gasteiger partial charge in [0, 0.05) is 5.54 Å². The molecule has 2 nitrogen and oxygen atoms in total. The van der Waals surface area contributed by atoms with Crippen LogP contribution in [0.4, 0.5) is 0 Å². The number of aliphatic hydroxyl groups excluding tert-OH is 1. The number of aliphatic hydroxyl groups is 1. The van der Waals surface area contributed by atoms with E-state index in [2.05, 4.69) is 0 Å². The molecule has 1 rings (SSSR count). The van der Waals surface area contributed by atoms with Gasteiger partial charge in [0.2, 0.25) is 0 Å². The summed E-state index contributed by atoms with van der Waals surface area (Å²) in [5, 5.41) is 8.97. The molecule has 1 atom stereocenters. The van der Waals surface area contributed by atoms with Gasteiger partial charge >= 0.3 is 0 Å². The summed E-state index contributed by atoms with van der Waals surface area (Å²) in [6.07, 6.45) is 3.97. The van der Waals surface area contributed by atoms with E-state index >= 15 is 0 Å². The van der Waals surface area contributed by atoms with E-state index in [1.807, 2.05) is 0 Å². The van der Waals surface area contributed by atoms with Crippen LogP contribution in [0.5, 0.6) is 0 Å². The monoisotopic (exact) mass is 129 g/mol. The Morgan fingerprint density at radius 2 is 2.22 bits per heavy atom. The Morgan fingerprint density at radius 1 is 1.67 bits per heavy atom. The fourth-order valence-electron chi connectivity index (χ4n) is 1.42. The fraction of sp³-hybridized carbons (Fsp3) is 1.00. The van der Waals surface area contributed by atoms with Crippen molar-refractivity contribution in [1.29, 1.82) is 0 Å². The van der Waals surface area contributed by atoms with Gasteiger partial charge in [-0.05, 0) is 32.6 Å². The minimum Gasteiger partial charge on any atom is -0.393 e. The Hall–Kier alpha value is -0.0800. The van der Waals surface area contributed by atoms with E-state index in [1.165, 1.54) is 6.42 Å². The lowest BCUT2D eigenvalue weighted by molar-refractivity contribution is 0.111. The summed E-state index contributed by atoms with van der Waals surface area (Å²) in [5.74, 6) is 0. The molecule has 0 saturated heterocycles. The Kier molecular flexibility index (Phi) is 1.78. The van der Waals surface area contributed by atoms with E-state index in [4.69, 9.17) is 10.8 Å². The molecule has 3 N–H and O–H groups in total. The molecule has 0 aromatic heterocycles. The van der Waals surface area contributed by atoms with Gasteiger partial charge < -0.3 is 10.8 Å². The molecule has 54 valence electrons. The summed E-state index contributed by atoms with van der Waals surface area (Å²) in [6.45, 7) is 1.80. The molecule has 2 heteroatoms. The highest BCUT2D eigenvalue weighted by molar-refractivity contribution is 4.93. The highest BCUT2D eigenvalue weighted by Gasteiger charge is 2.33. The topological polar surface area (TPSA) is 46.2 Å². The molecule has 0 aliphatic heterocycles. The van der Waals surface area contributed by atoms with E-state index in [0.29, 0.717) is 0 Å². The fourth-order valence-corrected chi connectivity index (χ4v) is 1.42. The van der Waals surface area contributed by atoms with Crippen LogP contribution in [-0.2, 0) is 0 Å². The number of hydrogen-bond donors (Lipinski definition) is 2. The molecule has 0 heterocycles. The second kappa shape index (κ2) is 2.27. The Morgan fingerprint density at radius 3 is 2.33 bits per heavy atom. The maximum Gasteiger partial charge on any atom is 0.0529 e. The van der Waals surface area contributed by atoms with Crippen LogP contribution in [0.1, 0.15) is 32.6 Å². The molecule has 9 heavy (non-hydrogen) atoms. The van der Waals surface area contributed by atoms with Crippen LogP contribution in [0.2, 0.25) is 0 Å². The van der Waals surface area contributed by atoms with Crippen LogP contribution in [-0.4, -0.2) is 16.7 Å². The zero-order chi connectivity index (χ0) is 6.91. The lowest BCUT2D eigenvalue weighted by Gasteiger charge is -2.39. The summed E-state index contributed by atoms with van der Waals surface area (Å²) >= 11 is 0. The summed E-state index contributed by atoms with van der Waals surface area (Å²) in [6, 6.07) is 0. The first-order valence-corrected chi connectivity index (χ1v) is 3.59. The number of rotatable bonds is 2. The van der Waals surface area contributed by atoms with Crippen molar-refractivity contribution < 1.29 is 5.11 Å². The average Bonchev–Trinajstić information content (AvgIpc) is 1.60. The van der Waals surface area contributed by atoms with Crippen LogP contribution in [0.15, 0.2) is 0 Å². The van der Waals surface area contributed by atoms with Crippen LogP contribution in [0.25, 0.3) is 0 Å². The van der Waals surface area contributed by atoms with Crippen LogP contribution < -0.4 is 5.73 Å². The van der Waals surface area contributed by atoms with E-state index in [0.717, 1.165) is 19.3 Å². The first kappa shape index (κ1) is 7.03. The molecule has 0 amide bonds. The van der Waals surface area contributed by atoms with E-state index in [1.54, 1.807) is 6.92 Å². The normalized spacial score (nSPS) is 27.0. The van der Waals surface area contributed by atoms with E-state index in [9.17, 15) is 0 Å². The van der Waals surface area contributed by atoms with E-state index in [-0.39, 0.29) is 11.6 Å². The summed E-state index contributed by atoms with van der Waals surface area (Å²) in [7, 11) is 0.